The Labute approximate surface area is 327 Å². The van der Waals surface area contributed by atoms with Gasteiger partial charge in [0, 0.05) is 67.4 Å². The number of likely N-dealkylation sites (N-methyl/N-ethyl adjacent to an activating group) is 1. The number of nitrogens with one attached hydrogen (secondary N) is 3. The molecular weight excluding hydrogens is 719 g/mol. The van der Waals surface area contributed by atoms with Gasteiger partial charge in [0.1, 0.15) is 12.6 Å². The van der Waals surface area contributed by atoms with Crippen molar-refractivity contribution in [2.24, 2.45) is 0 Å². The van der Waals surface area contributed by atoms with Crippen molar-refractivity contribution in [2.45, 2.75) is 76.5 Å². The fourth-order valence-electron chi connectivity index (χ4n) is 6.13. The molecule has 13 heteroatoms. The molecule has 2 aromatic carbocycles. The summed E-state index contributed by atoms with van der Waals surface area (Å²) < 4.78 is 5.70. The maximum Gasteiger partial charge on any atom is 0.410 e. The quantitative estimate of drug-likeness (QED) is 0.102. The third kappa shape index (κ3) is 12.6. The Bertz CT molecular complexity index is 1810. The predicted octanol–water partition coefficient (Wildman–Crippen LogP) is 6.74. The monoisotopic (exact) mass is 769 g/mol. The molecule has 0 saturated carbocycles. The van der Waals surface area contributed by atoms with Crippen LogP contribution >= 0.6 is 23.1 Å². The van der Waals surface area contributed by atoms with Crippen LogP contribution in [0, 0.1) is 0 Å². The van der Waals surface area contributed by atoms with E-state index in [2.05, 4.69) is 51.9 Å². The number of benzene rings is 2. The summed E-state index contributed by atoms with van der Waals surface area (Å²) in [6, 6.07) is 22.1. The van der Waals surface area contributed by atoms with Crippen LogP contribution in [0.1, 0.15) is 60.0 Å². The van der Waals surface area contributed by atoms with Crippen LogP contribution in [0.5, 0.6) is 0 Å². The SMILES string of the molecule is CC(C)c1nc(CN(C)C(=O)N[C@@H](Cc2ccncc2)C(=O)N[C@H](CC[C@H](Cc2ccccc2)N(C)C(=O)OCC2=CNCS2)Cc2ccccc2)cs1. The maximum absolute atomic E-state index is 14.3. The van der Waals surface area contributed by atoms with Crippen molar-refractivity contribution in [1.29, 1.82) is 0 Å². The smallest absolute Gasteiger partial charge is 0.410 e. The van der Waals surface area contributed by atoms with Gasteiger partial charge in [-0.25, -0.2) is 14.6 Å². The first-order chi connectivity index (χ1) is 26.1. The first-order valence-electron chi connectivity index (χ1n) is 18.3. The number of amides is 4. The molecule has 0 unspecified atom stereocenters. The molecule has 4 aromatic rings. The van der Waals surface area contributed by atoms with Gasteiger partial charge in [-0.3, -0.25) is 9.78 Å². The minimum absolute atomic E-state index is 0.193. The summed E-state index contributed by atoms with van der Waals surface area (Å²) in [6.07, 6.45) is 7.52. The molecule has 1 aliphatic rings. The second kappa shape index (κ2) is 20.5. The predicted molar refractivity (Wildman–Crippen MR) is 216 cm³/mol. The highest BCUT2D eigenvalue weighted by Gasteiger charge is 2.28. The van der Waals surface area contributed by atoms with Gasteiger partial charge >= 0.3 is 12.1 Å². The van der Waals surface area contributed by atoms with Gasteiger partial charge in [0.05, 0.1) is 23.1 Å². The number of rotatable bonds is 18. The summed E-state index contributed by atoms with van der Waals surface area (Å²) in [5.74, 6) is 0.789. The van der Waals surface area contributed by atoms with Gasteiger partial charge < -0.3 is 30.5 Å². The Balaban J connectivity index is 1.32. The lowest BCUT2D eigenvalue weighted by atomic mass is 9.95. The molecule has 1 aliphatic heterocycles. The van der Waals surface area contributed by atoms with Crippen molar-refractivity contribution in [1.82, 2.24) is 35.7 Å². The number of pyridine rings is 1. The highest BCUT2D eigenvalue weighted by atomic mass is 32.2. The Morgan fingerprint density at radius 3 is 2.17 bits per heavy atom. The van der Waals surface area contributed by atoms with Gasteiger partial charge in [0.15, 0.2) is 0 Å². The average molecular weight is 770 g/mol. The van der Waals surface area contributed by atoms with E-state index in [1.807, 2.05) is 72.2 Å². The number of urea groups is 1. The standard InChI is InChI=1S/C41H51N7O4S2/c1-29(2)39-45-34(27-53-39)25-47(3)40(50)46-37(23-32-17-19-42-20-18-32)38(49)44-33(21-30-11-7-5-8-12-30)15-16-35(22-31-13-9-6-10-14-31)48(4)41(51)52-26-36-24-43-28-54-36/h5-14,17-20,24,27,29,33,35,37,43H,15-16,21-23,25-26,28H2,1-4H3,(H,44,49)(H,46,50)/t33-,35-,37+/m1/s1. The Morgan fingerprint density at radius 2 is 1.54 bits per heavy atom. The molecule has 2 aromatic heterocycles. The van der Waals surface area contributed by atoms with E-state index in [4.69, 9.17) is 4.74 Å². The largest absolute Gasteiger partial charge is 0.444 e. The van der Waals surface area contributed by atoms with Crippen LogP contribution in [0.3, 0.4) is 0 Å². The van der Waals surface area contributed by atoms with E-state index in [9.17, 15) is 14.4 Å². The molecule has 3 N–H and O–H groups in total. The van der Waals surface area contributed by atoms with Crippen LogP contribution in [-0.2, 0) is 35.3 Å². The summed E-state index contributed by atoms with van der Waals surface area (Å²) in [7, 11) is 3.49. The molecule has 11 nitrogen and oxygen atoms in total. The van der Waals surface area contributed by atoms with E-state index in [-0.39, 0.29) is 37.0 Å². The van der Waals surface area contributed by atoms with Gasteiger partial charge in [-0.15, -0.1) is 23.1 Å². The van der Waals surface area contributed by atoms with E-state index < -0.39 is 12.1 Å². The average Bonchev–Trinajstić information content (AvgIpc) is 3.89. The summed E-state index contributed by atoms with van der Waals surface area (Å²) in [6.45, 7) is 4.72. The second-order valence-electron chi connectivity index (χ2n) is 13.8. The van der Waals surface area contributed by atoms with Gasteiger partial charge in [-0.1, -0.05) is 74.5 Å². The molecule has 5 rings (SSSR count). The summed E-state index contributed by atoms with van der Waals surface area (Å²) in [4.78, 5) is 54.2. The molecule has 0 radical (unpaired) electrons. The number of hydrogen-bond acceptors (Lipinski definition) is 9. The Hall–Kier alpha value is -4.88. The van der Waals surface area contributed by atoms with Crippen LogP contribution in [0.25, 0.3) is 0 Å². The van der Waals surface area contributed by atoms with Crippen LogP contribution in [0.4, 0.5) is 9.59 Å². The summed E-state index contributed by atoms with van der Waals surface area (Å²) in [5.41, 5.74) is 3.86. The second-order valence-corrected chi connectivity index (χ2v) is 15.8. The molecule has 4 amide bonds. The van der Waals surface area contributed by atoms with Crippen LogP contribution < -0.4 is 16.0 Å². The molecule has 3 atom stereocenters. The van der Waals surface area contributed by atoms with E-state index in [1.54, 1.807) is 59.4 Å². The van der Waals surface area contributed by atoms with E-state index >= 15 is 0 Å². The lowest BCUT2D eigenvalue weighted by molar-refractivity contribution is -0.123. The molecule has 0 saturated heterocycles. The minimum atomic E-state index is -0.850. The Morgan fingerprint density at radius 1 is 0.870 bits per heavy atom. The van der Waals surface area contributed by atoms with Gasteiger partial charge in [0.2, 0.25) is 5.91 Å². The van der Waals surface area contributed by atoms with Crippen molar-refractivity contribution < 1.29 is 19.1 Å². The normalized spacial score (nSPS) is 14.0. The van der Waals surface area contributed by atoms with Crippen LogP contribution in [0.2, 0.25) is 0 Å². The molecular formula is C41H51N7O4S2. The zero-order valence-electron chi connectivity index (χ0n) is 31.4. The lowest BCUT2D eigenvalue weighted by Crippen LogP contribution is -2.53. The third-order valence-corrected chi connectivity index (χ3v) is 11.3. The van der Waals surface area contributed by atoms with Crippen molar-refractivity contribution in [3.05, 3.63) is 129 Å². The highest BCUT2D eigenvalue weighted by molar-refractivity contribution is 8.03. The van der Waals surface area contributed by atoms with Crippen LogP contribution in [0.15, 0.2) is 102 Å². The van der Waals surface area contributed by atoms with Crippen LogP contribution in [-0.4, -0.2) is 82.5 Å². The zero-order valence-corrected chi connectivity index (χ0v) is 33.1. The molecule has 286 valence electrons. The number of thiazole rings is 1. The number of nitrogens with zero attached hydrogens (tertiary/aromatic N) is 4. The number of aromatic nitrogens is 2. The molecule has 0 spiro atoms. The summed E-state index contributed by atoms with van der Waals surface area (Å²) in [5, 5.41) is 12.4. The number of ether oxygens (including phenoxy) is 1. The number of thioether (sulfide) groups is 1. The van der Waals surface area contributed by atoms with Crippen molar-refractivity contribution in [3.63, 3.8) is 0 Å². The molecule has 0 aliphatic carbocycles. The minimum Gasteiger partial charge on any atom is -0.444 e. The van der Waals surface area contributed by atoms with Crippen molar-refractivity contribution >= 4 is 41.1 Å². The molecule has 3 heterocycles. The van der Waals surface area contributed by atoms with Crippen molar-refractivity contribution in [2.75, 3.05) is 26.6 Å². The lowest BCUT2D eigenvalue weighted by Gasteiger charge is -2.30. The fraction of sp³-hybridized carbons (Fsp3) is 0.390. The Kier molecular flexibility index (Phi) is 15.3. The fourth-order valence-corrected chi connectivity index (χ4v) is 7.62. The van der Waals surface area contributed by atoms with E-state index in [1.165, 1.54) is 0 Å². The van der Waals surface area contributed by atoms with Crippen molar-refractivity contribution in [3.8, 4) is 0 Å². The first-order valence-corrected chi connectivity index (χ1v) is 20.2. The van der Waals surface area contributed by atoms with E-state index in [0.717, 1.165) is 38.2 Å². The van der Waals surface area contributed by atoms with E-state index in [0.29, 0.717) is 38.1 Å². The maximum atomic E-state index is 14.3. The number of hydrogen-bond donors (Lipinski definition) is 3. The number of carbonyl (C=O) groups is 3. The first kappa shape index (κ1) is 40.3. The highest BCUT2D eigenvalue weighted by Crippen LogP contribution is 2.22. The van der Waals surface area contributed by atoms with Gasteiger partial charge in [-0.2, -0.15) is 0 Å². The van der Waals surface area contributed by atoms with Gasteiger partial charge in [0.25, 0.3) is 0 Å². The van der Waals surface area contributed by atoms with Gasteiger partial charge in [-0.05, 0) is 54.5 Å². The third-order valence-electron chi connectivity index (χ3n) is 9.22. The number of carbonyl (C=O) groups excluding carboxylic acids is 3. The molecule has 0 fully saturated rings. The molecule has 0 bridgehead atoms. The topological polar surface area (TPSA) is 129 Å². The zero-order chi connectivity index (χ0) is 38.3. The molecule has 54 heavy (non-hydrogen) atoms. The summed E-state index contributed by atoms with van der Waals surface area (Å²) >= 11 is 3.20.